The van der Waals surface area contributed by atoms with E-state index in [2.05, 4.69) is 46.8 Å². The van der Waals surface area contributed by atoms with Crippen LogP contribution in [0.1, 0.15) is 29.2 Å². The van der Waals surface area contributed by atoms with Crippen molar-refractivity contribution in [3.05, 3.63) is 70.8 Å². The highest BCUT2D eigenvalue weighted by Gasteiger charge is 2.02. The molecule has 0 fully saturated rings. The van der Waals surface area contributed by atoms with Crippen LogP contribution in [-0.2, 0) is 19.7 Å². The second-order valence-corrected chi connectivity index (χ2v) is 5.46. The van der Waals surface area contributed by atoms with Crippen molar-refractivity contribution in [1.82, 2.24) is 10.6 Å². The molecule has 2 aromatic rings. The van der Waals surface area contributed by atoms with Crippen molar-refractivity contribution >= 4 is 5.96 Å². The van der Waals surface area contributed by atoms with Gasteiger partial charge in [-0.3, -0.25) is 0 Å². The fourth-order valence-corrected chi connectivity index (χ4v) is 2.39. The SMILES string of the molecule is CCNC(=NCc1cccc(C)c1)NCc1ccccc1CO. The summed E-state index contributed by atoms with van der Waals surface area (Å²) in [5, 5.41) is 16.0. The third-order valence-corrected chi connectivity index (χ3v) is 3.58. The summed E-state index contributed by atoms with van der Waals surface area (Å²) in [6.45, 7) is 6.26. The number of aliphatic hydroxyl groups excluding tert-OH is 1. The molecule has 0 amide bonds. The maximum absolute atomic E-state index is 9.39. The zero-order valence-electron chi connectivity index (χ0n) is 13.8. The first kappa shape index (κ1) is 17.0. The number of hydrogen-bond acceptors (Lipinski definition) is 2. The van der Waals surface area contributed by atoms with Gasteiger partial charge in [0.25, 0.3) is 0 Å². The molecule has 2 aromatic carbocycles. The zero-order chi connectivity index (χ0) is 16.5. The van der Waals surface area contributed by atoms with Gasteiger partial charge in [-0.05, 0) is 30.5 Å². The van der Waals surface area contributed by atoms with Gasteiger partial charge in [0.1, 0.15) is 0 Å². The van der Waals surface area contributed by atoms with Gasteiger partial charge in [-0.1, -0.05) is 54.1 Å². The van der Waals surface area contributed by atoms with Gasteiger partial charge >= 0.3 is 0 Å². The number of aryl methyl sites for hydroxylation is 1. The third-order valence-electron chi connectivity index (χ3n) is 3.58. The minimum absolute atomic E-state index is 0.0504. The van der Waals surface area contributed by atoms with Crippen LogP contribution in [0.5, 0.6) is 0 Å². The van der Waals surface area contributed by atoms with E-state index >= 15 is 0 Å². The molecule has 0 unspecified atom stereocenters. The Balaban J connectivity index is 2.01. The Kier molecular flexibility index (Phi) is 6.63. The summed E-state index contributed by atoms with van der Waals surface area (Å²) < 4.78 is 0. The van der Waals surface area contributed by atoms with E-state index < -0.39 is 0 Å². The minimum Gasteiger partial charge on any atom is -0.392 e. The predicted molar refractivity (Wildman–Crippen MR) is 95.2 cm³/mol. The fourth-order valence-electron chi connectivity index (χ4n) is 2.39. The highest BCUT2D eigenvalue weighted by molar-refractivity contribution is 5.79. The van der Waals surface area contributed by atoms with E-state index in [9.17, 15) is 5.11 Å². The van der Waals surface area contributed by atoms with E-state index in [1.807, 2.05) is 31.2 Å². The van der Waals surface area contributed by atoms with Crippen LogP contribution in [0.15, 0.2) is 53.5 Å². The lowest BCUT2D eigenvalue weighted by molar-refractivity contribution is 0.280. The van der Waals surface area contributed by atoms with Crippen molar-refractivity contribution in [2.75, 3.05) is 6.54 Å². The number of rotatable bonds is 6. The van der Waals surface area contributed by atoms with Gasteiger partial charge in [-0.2, -0.15) is 0 Å². The number of guanidine groups is 1. The van der Waals surface area contributed by atoms with Gasteiger partial charge in [0.2, 0.25) is 0 Å². The van der Waals surface area contributed by atoms with E-state index in [1.54, 1.807) is 0 Å². The van der Waals surface area contributed by atoms with Gasteiger partial charge in [0.05, 0.1) is 13.2 Å². The number of hydrogen-bond donors (Lipinski definition) is 3. The first-order valence-electron chi connectivity index (χ1n) is 7.98. The monoisotopic (exact) mass is 311 g/mol. The molecule has 0 saturated heterocycles. The normalized spacial score (nSPS) is 11.3. The fraction of sp³-hybridized carbons (Fsp3) is 0.316. The molecule has 4 nitrogen and oxygen atoms in total. The van der Waals surface area contributed by atoms with Crippen LogP contribution in [0.2, 0.25) is 0 Å². The summed E-state index contributed by atoms with van der Waals surface area (Å²) in [5.41, 5.74) is 4.45. The number of aliphatic imine (C=N–C) groups is 1. The molecular weight excluding hydrogens is 286 g/mol. The van der Waals surface area contributed by atoms with Crippen LogP contribution in [0, 0.1) is 6.92 Å². The summed E-state index contributed by atoms with van der Waals surface area (Å²) in [7, 11) is 0. The molecule has 3 N–H and O–H groups in total. The van der Waals surface area contributed by atoms with Crippen LogP contribution >= 0.6 is 0 Å². The van der Waals surface area contributed by atoms with E-state index in [0.29, 0.717) is 13.1 Å². The number of aliphatic hydroxyl groups is 1. The molecule has 0 heterocycles. The maximum Gasteiger partial charge on any atom is 0.191 e. The molecule has 0 aliphatic carbocycles. The summed E-state index contributed by atoms with van der Waals surface area (Å²) in [4.78, 5) is 4.63. The molecular formula is C19H25N3O. The van der Waals surface area contributed by atoms with Gasteiger partial charge in [0, 0.05) is 13.1 Å². The van der Waals surface area contributed by atoms with Gasteiger partial charge in [0.15, 0.2) is 5.96 Å². The number of nitrogens with zero attached hydrogens (tertiary/aromatic N) is 1. The maximum atomic E-state index is 9.39. The summed E-state index contributed by atoms with van der Waals surface area (Å²) >= 11 is 0. The molecule has 0 aromatic heterocycles. The second-order valence-electron chi connectivity index (χ2n) is 5.46. The minimum atomic E-state index is 0.0504. The molecule has 0 bridgehead atoms. The van der Waals surface area contributed by atoms with Crippen LogP contribution < -0.4 is 10.6 Å². The molecule has 122 valence electrons. The van der Waals surface area contributed by atoms with Crippen molar-refractivity contribution in [3.63, 3.8) is 0 Å². The highest BCUT2D eigenvalue weighted by atomic mass is 16.3. The van der Waals surface area contributed by atoms with E-state index in [1.165, 1.54) is 11.1 Å². The van der Waals surface area contributed by atoms with Crippen molar-refractivity contribution < 1.29 is 5.11 Å². The number of benzene rings is 2. The lowest BCUT2D eigenvalue weighted by atomic mass is 10.1. The number of nitrogens with one attached hydrogen (secondary N) is 2. The molecule has 23 heavy (non-hydrogen) atoms. The topological polar surface area (TPSA) is 56.7 Å². The molecule has 2 rings (SSSR count). The second kappa shape index (κ2) is 8.96. The Hall–Kier alpha value is -2.33. The molecule has 0 saturated carbocycles. The van der Waals surface area contributed by atoms with Crippen molar-refractivity contribution in [2.45, 2.75) is 33.5 Å². The zero-order valence-corrected chi connectivity index (χ0v) is 13.8. The summed E-state index contributed by atoms with van der Waals surface area (Å²) in [6.07, 6.45) is 0. The Bertz CT molecular complexity index is 653. The van der Waals surface area contributed by atoms with E-state index in [0.717, 1.165) is 23.6 Å². The highest BCUT2D eigenvalue weighted by Crippen LogP contribution is 2.08. The average molecular weight is 311 g/mol. The third kappa shape index (κ3) is 5.42. The smallest absolute Gasteiger partial charge is 0.191 e. The first-order chi connectivity index (χ1) is 11.2. The Morgan fingerprint density at radius 1 is 1.04 bits per heavy atom. The van der Waals surface area contributed by atoms with Gasteiger partial charge in [-0.25, -0.2) is 4.99 Å². The van der Waals surface area contributed by atoms with Crippen molar-refractivity contribution in [1.29, 1.82) is 0 Å². The summed E-state index contributed by atoms with van der Waals surface area (Å²) in [5.74, 6) is 0.779. The van der Waals surface area contributed by atoms with Crippen LogP contribution in [0.3, 0.4) is 0 Å². The lowest BCUT2D eigenvalue weighted by Crippen LogP contribution is -2.37. The first-order valence-corrected chi connectivity index (χ1v) is 7.98. The molecule has 4 heteroatoms. The quantitative estimate of drug-likeness (QED) is 0.568. The van der Waals surface area contributed by atoms with Crippen LogP contribution in [-0.4, -0.2) is 17.6 Å². The molecule has 0 spiro atoms. The predicted octanol–water partition coefficient (Wildman–Crippen LogP) is 2.74. The van der Waals surface area contributed by atoms with E-state index in [4.69, 9.17) is 0 Å². The van der Waals surface area contributed by atoms with Crippen molar-refractivity contribution in [2.24, 2.45) is 4.99 Å². The molecule has 0 radical (unpaired) electrons. The lowest BCUT2D eigenvalue weighted by Gasteiger charge is -2.13. The van der Waals surface area contributed by atoms with Crippen LogP contribution in [0.25, 0.3) is 0 Å². The standard InChI is InChI=1S/C19H25N3O/c1-3-20-19(21-12-16-8-6-7-15(2)11-16)22-13-17-9-4-5-10-18(17)14-23/h4-11,23H,3,12-14H2,1-2H3,(H2,20,21,22). The largest absolute Gasteiger partial charge is 0.392 e. The Morgan fingerprint density at radius 3 is 2.52 bits per heavy atom. The van der Waals surface area contributed by atoms with Gasteiger partial charge in [-0.15, -0.1) is 0 Å². The molecule has 0 atom stereocenters. The van der Waals surface area contributed by atoms with Gasteiger partial charge < -0.3 is 15.7 Å². The average Bonchev–Trinajstić information content (AvgIpc) is 2.57. The summed E-state index contributed by atoms with van der Waals surface area (Å²) in [6, 6.07) is 16.2. The van der Waals surface area contributed by atoms with E-state index in [-0.39, 0.29) is 6.61 Å². The Labute approximate surface area is 138 Å². The van der Waals surface area contributed by atoms with Crippen LogP contribution in [0.4, 0.5) is 0 Å². The Morgan fingerprint density at radius 2 is 1.83 bits per heavy atom. The molecule has 0 aliphatic heterocycles. The van der Waals surface area contributed by atoms with Crippen molar-refractivity contribution in [3.8, 4) is 0 Å². The molecule has 0 aliphatic rings.